The van der Waals surface area contributed by atoms with Crippen LogP contribution < -0.4 is 5.32 Å². The van der Waals surface area contributed by atoms with Crippen LogP contribution in [0.5, 0.6) is 0 Å². The molecule has 4 heterocycles. The molecule has 9 heteroatoms. The molecule has 0 saturated carbocycles. The van der Waals surface area contributed by atoms with Crippen molar-refractivity contribution in [3.8, 4) is 11.3 Å². The van der Waals surface area contributed by atoms with Crippen molar-refractivity contribution in [2.75, 3.05) is 38.2 Å². The number of fused-ring (bicyclic) bond motifs is 3. The largest absolute Gasteiger partial charge is 0.338 e. The number of amides is 1. The summed E-state index contributed by atoms with van der Waals surface area (Å²) >= 11 is 4.75. The smallest absolute Gasteiger partial charge is 0.264 e. The Kier molecular flexibility index (Phi) is 8.34. The zero-order chi connectivity index (χ0) is 26.2. The number of nitrogens with one attached hydrogen (secondary N) is 1. The van der Waals surface area contributed by atoms with Crippen LogP contribution in [0, 0.1) is 17.3 Å². The molecule has 0 unspecified atom stereocenters. The number of Topliss-reactive ketones (excluding diaryl/α,β-unsaturated/α-hetero) is 1. The molecule has 2 aromatic rings. The van der Waals surface area contributed by atoms with Crippen molar-refractivity contribution in [3.63, 3.8) is 0 Å². The number of ketones is 1. The van der Waals surface area contributed by atoms with Gasteiger partial charge in [-0.2, -0.15) is 0 Å². The third kappa shape index (κ3) is 5.80. The van der Waals surface area contributed by atoms with Gasteiger partial charge < -0.3 is 10.2 Å². The van der Waals surface area contributed by atoms with E-state index in [1.165, 1.54) is 24.6 Å². The second kappa shape index (κ2) is 11.4. The minimum Gasteiger partial charge on any atom is -0.338 e. The van der Waals surface area contributed by atoms with E-state index in [0.29, 0.717) is 10.9 Å². The van der Waals surface area contributed by atoms with E-state index in [1.54, 1.807) is 23.1 Å². The summed E-state index contributed by atoms with van der Waals surface area (Å²) < 4.78 is 1.16. The molecule has 1 N–H and O–H groups in total. The minimum atomic E-state index is -0.370. The summed E-state index contributed by atoms with van der Waals surface area (Å²) in [5, 5.41) is 4.11. The molecular weight excluding hydrogens is 521 g/mol. The van der Waals surface area contributed by atoms with E-state index in [1.807, 2.05) is 27.0 Å². The highest BCUT2D eigenvalue weighted by Gasteiger charge is 2.34. The maximum absolute atomic E-state index is 13.8. The first-order chi connectivity index (χ1) is 17.8. The van der Waals surface area contributed by atoms with Gasteiger partial charge in [0.15, 0.2) is 5.16 Å². The fraction of sp³-hybridized carbons (Fsp3) is 0.643. The lowest BCUT2D eigenvalue weighted by molar-refractivity contribution is -0.123. The zero-order valence-electron chi connectivity index (χ0n) is 22.4. The molecular formula is C28H38N4O2S3. The number of nitrogens with zero attached hydrogens (tertiary/aromatic N) is 3. The summed E-state index contributed by atoms with van der Waals surface area (Å²) in [7, 11) is 0. The Morgan fingerprint density at radius 2 is 1.81 bits per heavy atom. The van der Waals surface area contributed by atoms with Gasteiger partial charge in [0.25, 0.3) is 5.91 Å². The van der Waals surface area contributed by atoms with Gasteiger partial charge in [0.05, 0.1) is 20.5 Å². The van der Waals surface area contributed by atoms with Crippen LogP contribution in [-0.2, 0) is 17.6 Å². The van der Waals surface area contributed by atoms with Gasteiger partial charge in [0.1, 0.15) is 5.78 Å². The predicted octanol–water partition coefficient (Wildman–Crippen LogP) is 5.58. The maximum atomic E-state index is 13.8. The van der Waals surface area contributed by atoms with Crippen molar-refractivity contribution in [1.29, 1.82) is 0 Å². The lowest BCUT2D eigenvalue weighted by Crippen LogP contribution is -2.42. The van der Waals surface area contributed by atoms with Crippen molar-refractivity contribution in [1.82, 2.24) is 20.2 Å². The third-order valence-electron chi connectivity index (χ3n) is 8.12. The summed E-state index contributed by atoms with van der Waals surface area (Å²) in [6, 6.07) is 0. The Labute approximate surface area is 233 Å². The van der Waals surface area contributed by atoms with Crippen LogP contribution in [0.25, 0.3) is 11.3 Å². The normalized spacial score (nSPS) is 19.0. The summed E-state index contributed by atoms with van der Waals surface area (Å²) in [5.41, 5.74) is 4.00. The number of likely N-dealkylation sites (tertiary alicyclic amines) is 1. The van der Waals surface area contributed by atoms with Gasteiger partial charge in [-0.25, -0.2) is 9.97 Å². The molecule has 0 spiro atoms. The van der Waals surface area contributed by atoms with Crippen LogP contribution in [0.15, 0.2) is 15.6 Å². The molecule has 1 amide bonds. The number of piperidine rings is 2. The molecule has 5 rings (SSSR count). The van der Waals surface area contributed by atoms with Crippen LogP contribution in [-0.4, -0.2) is 64.7 Å². The number of thiophene rings is 1. The van der Waals surface area contributed by atoms with Gasteiger partial charge in [-0.3, -0.25) is 9.59 Å². The van der Waals surface area contributed by atoms with Crippen LogP contribution in [0.1, 0.15) is 67.3 Å². The van der Waals surface area contributed by atoms with E-state index in [0.717, 1.165) is 95.2 Å². The monoisotopic (exact) mass is 558 g/mol. The van der Waals surface area contributed by atoms with E-state index in [9.17, 15) is 9.59 Å². The summed E-state index contributed by atoms with van der Waals surface area (Å²) in [6.45, 7) is 9.86. The van der Waals surface area contributed by atoms with E-state index >= 15 is 0 Å². The number of hydrogen-bond acceptors (Lipinski definition) is 8. The highest BCUT2D eigenvalue weighted by molar-refractivity contribution is 8.00. The van der Waals surface area contributed by atoms with E-state index in [4.69, 9.17) is 4.98 Å². The average Bonchev–Trinajstić information content (AvgIpc) is 3.30. The molecule has 2 aromatic heterocycles. The Morgan fingerprint density at radius 1 is 1.11 bits per heavy atom. The van der Waals surface area contributed by atoms with E-state index < -0.39 is 0 Å². The Bertz CT molecular complexity index is 1160. The SMILES string of the molecule is CSc1sc(C(=O)N2CCC(C3CCNCC3)CC2)c2c1-c1nc(SCC(=O)C(C)(C)C)ncc1CC2. The summed E-state index contributed by atoms with van der Waals surface area (Å²) in [4.78, 5) is 38.7. The first kappa shape index (κ1) is 27.2. The van der Waals surface area contributed by atoms with Crippen LogP contribution in [0.4, 0.5) is 0 Å². The lowest BCUT2D eigenvalue weighted by Gasteiger charge is -2.37. The molecule has 0 aromatic carbocycles. The van der Waals surface area contributed by atoms with E-state index in [-0.39, 0.29) is 17.1 Å². The molecule has 3 aliphatic rings. The Hall–Kier alpha value is -1.42. The molecule has 0 atom stereocenters. The number of carbonyl (C=O) groups excluding carboxylic acids is 2. The van der Waals surface area contributed by atoms with Gasteiger partial charge in [0.2, 0.25) is 0 Å². The molecule has 0 radical (unpaired) electrons. The molecule has 0 bridgehead atoms. The molecule has 2 saturated heterocycles. The molecule has 2 fully saturated rings. The van der Waals surface area contributed by atoms with Crippen molar-refractivity contribution < 1.29 is 9.59 Å². The summed E-state index contributed by atoms with van der Waals surface area (Å²) in [5.74, 6) is 2.34. The van der Waals surface area contributed by atoms with Crippen molar-refractivity contribution in [2.45, 2.75) is 68.7 Å². The van der Waals surface area contributed by atoms with Gasteiger partial charge in [-0.1, -0.05) is 32.5 Å². The summed E-state index contributed by atoms with van der Waals surface area (Å²) in [6.07, 6.45) is 10.5. The molecule has 6 nitrogen and oxygen atoms in total. The second-order valence-electron chi connectivity index (χ2n) is 11.5. The zero-order valence-corrected chi connectivity index (χ0v) is 24.8. The van der Waals surface area contributed by atoms with Crippen LogP contribution >= 0.6 is 34.9 Å². The van der Waals surface area contributed by atoms with Crippen molar-refractivity contribution in [3.05, 3.63) is 22.2 Å². The number of aromatic nitrogens is 2. The topological polar surface area (TPSA) is 75.2 Å². The van der Waals surface area contributed by atoms with E-state index in [2.05, 4.69) is 21.5 Å². The van der Waals surface area contributed by atoms with Gasteiger partial charge >= 0.3 is 0 Å². The first-order valence-electron chi connectivity index (χ1n) is 13.5. The second-order valence-corrected chi connectivity index (χ2v) is 14.5. The Morgan fingerprint density at radius 3 is 2.49 bits per heavy atom. The first-order valence-corrected chi connectivity index (χ1v) is 16.5. The van der Waals surface area contributed by atoms with Crippen LogP contribution in [0.2, 0.25) is 0 Å². The van der Waals surface area contributed by atoms with Crippen LogP contribution in [0.3, 0.4) is 0 Å². The standard InChI is InChI=1S/C28H38N4O2S3/c1-28(2,3)21(33)16-36-27-30-15-19-5-6-20-22(23(19)31-27)26(35-4)37-24(20)25(34)32-13-9-18(10-14-32)17-7-11-29-12-8-17/h15,17-18,29H,5-14,16H2,1-4H3. The minimum absolute atomic E-state index is 0.191. The fourth-order valence-corrected chi connectivity index (χ4v) is 8.77. The predicted molar refractivity (Wildman–Crippen MR) is 154 cm³/mol. The van der Waals surface area contributed by atoms with Crippen molar-refractivity contribution in [2.24, 2.45) is 17.3 Å². The number of carbonyl (C=O) groups is 2. The number of thioether (sulfide) groups is 2. The highest BCUT2D eigenvalue weighted by Crippen LogP contribution is 2.46. The molecule has 2 aliphatic heterocycles. The highest BCUT2D eigenvalue weighted by atomic mass is 32.2. The molecule has 1 aliphatic carbocycles. The fourth-order valence-electron chi connectivity index (χ4n) is 5.74. The van der Waals surface area contributed by atoms with Gasteiger partial charge in [-0.15, -0.1) is 23.1 Å². The average molecular weight is 559 g/mol. The lowest BCUT2D eigenvalue weighted by atomic mass is 9.79. The number of rotatable bonds is 6. The van der Waals surface area contributed by atoms with Gasteiger partial charge in [-0.05, 0) is 80.8 Å². The Balaban J connectivity index is 1.34. The maximum Gasteiger partial charge on any atom is 0.264 e. The molecule has 37 heavy (non-hydrogen) atoms. The number of hydrogen-bond donors (Lipinski definition) is 1. The van der Waals surface area contributed by atoms with Crippen molar-refractivity contribution >= 4 is 46.6 Å². The van der Waals surface area contributed by atoms with Gasteiger partial charge in [0, 0.05) is 30.3 Å². The number of aryl methyl sites for hydroxylation is 1. The third-order valence-corrected chi connectivity index (χ3v) is 11.3. The quantitative estimate of drug-likeness (QED) is 0.366. The molecule has 200 valence electrons.